The second-order valence-corrected chi connectivity index (χ2v) is 7.72. The van der Waals surface area contributed by atoms with Gasteiger partial charge in [-0.3, -0.25) is 0 Å². The average Bonchev–Trinajstić information content (AvgIpc) is 3.04. The molecule has 2 heterocycles. The number of sulfonamides is 1. The van der Waals surface area contributed by atoms with Gasteiger partial charge in [-0.2, -0.15) is 0 Å². The van der Waals surface area contributed by atoms with Crippen LogP contribution >= 0.6 is 11.3 Å². The highest BCUT2D eigenvalue weighted by atomic mass is 32.2. The highest BCUT2D eigenvalue weighted by molar-refractivity contribution is 7.89. The van der Waals surface area contributed by atoms with Gasteiger partial charge in [-0.1, -0.05) is 18.2 Å². The van der Waals surface area contributed by atoms with E-state index in [1.807, 2.05) is 41.8 Å². The quantitative estimate of drug-likeness (QED) is 0.667. The summed E-state index contributed by atoms with van der Waals surface area (Å²) in [7, 11) is -3.44. The number of nitrogens with one attached hydrogen (secondary N) is 1. The molecule has 6 nitrogen and oxygen atoms in total. The molecule has 1 aromatic carbocycles. The van der Waals surface area contributed by atoms with Crippen molar-refractivity contribution >= 4 is 38.1 Å². The third-order valence-electron chi connectivity index (χ3n) is 3.24. The maximum atomic E-state index is 11.0. The summed E-state index contributed by atoms with van der Waals surface area (Å²) in [6, 6.07) is 11.7. The van der Waals surface area contributed by atoms with Crippen LogP contribution in [0, 0.1) is 0 Å². The monoisotopic (exact) mass is 348 g/mol. The molecule has 0 amide bonds. The van der Waals surface area contributed by atoms with Gasteiger partial charge in [-0.15, -0.1) is 11.3 Å². The lowest BCUT2D eigenvalue weighted by Crippen LogP contribution is -2.19. The van der Waals surface area contributed by atoms with Crippen molar-refractivity contribution in [3.8, 4) is 10.7 Å². The third-order valence-corrected chi connectivity index (χ3v) is 4.97. The topological polar surface area (TPSA) is 98.0 Å². The predicted molar refractivity (Wildman–Crippen MR) is 93.9 cm³/mol. The Balaban J connectivity index is 1.88. The summed E-state index contributed by atoms with van der Waals surface area (Å²) >= 11 is 1.58. The molecule has 8 heteroatoms. The largest absolute Gasteiger partial charge is 0.369 e. The van der Waals surface area contributed by atoms with E-state index in [1.54, 1.807) is 11.3 Å². The fourth-order valence-electron chi connectivity index (χ4n) is 2.21. The number of anilines is 1. The summed E-state index contributed by atoms with van der Waals surface area (Å²) in [5.41, 5.74) is 0.847. The van der Waals surface area contributed by atoms with E-state index >= 15 is 0 Å². The van der Waals surface area contributed by atoms with Crippen LogP contribution in [0.25, 0.3) is 21.6 Å². The first kappa shape index (κ1) is 15.9. The minimum absolute atomic E-state index is 0.0548. The van der Waals surface area contributed by atoms with Crippen molar-refractivity contribution in [2.24, 2.45) is 5.14 Å². The van der Waals surface area contributed by atoms with E-state index in [0.717, 1.165) is 15.8 Å². The van der Waals surface area contributed by atoms with Crippen molar-refractivity contribution in [2.75, 3.05) is 17.6 Å². The molecule has 0 saturated carbocycles. The molecule has 0 bridgehead atoms. The van der Waals surface area contributed by atoms with Gasteiger partial charge in [0.1, 0.15) is 5.82 Å². The molecule has 2 aromatic heterocycles. The van der Waals surface area contributed by atoms with Crippen molar-refractivity contribution in [3.05, 3.63) is 41.8 Å². The van der Waals surface area contributed by atoms with E-state index in [-0.39, 0.29) is 5.75 Å². The number of nitrogens with two attached hydrogens (primary N) is 1. The predicted octanol–water partition coefficient (Wildman–Crippen LogP) is 2.45. The molecule has 0 saturated heterocycles. The molecule has 0 unspecified atom stereocenters. The molecule has 23 heavy (non-hydrogen) atoms. The standard InChI is InChI=1S/C15H16N4O2S2/c16-23(20,21)10-4-8-17-14-11-5-1-2-6-12(11)18-15(19-14)13-7-3-9-22-13/h1-3,5-7,9H,4,8,10H2,(H2,16,20,21)(H,17,18,19). The number of hydrogen-bond acceptors (Lipinski definition) is 6. The highest BCUT2D eigenvalue weighted by Crippen LogP contribution is 2.27. The summed E-state index contributed by atoms with van der Waals surface area (Å²) < 4.78 is 22.0. The molecule has 0 atom stereocenters. The Labute approximate surface area is 138 Å². The summed E-state index contributed by atoms with van der Waals surface area (Å²) in [6.07, 6.45) is 0.422. The van der Waals surface area contributed by atoms with E-state index in [0.29, 0.717) is 24.6 Å². The molecule has 120 valence electrons. The van der Waals surface area contributed by atoms with Gasteiger partial charge in [0.15, 0.2) is 5.82 Å². The Hall–Kier alpha value is -2.03. The molecule has 0 fully saturated rings. The summed E-state index contributed by atoms with van der Waals surface area (Å²) in [5, 5.41) is 11.1. The van der Waals surface area contributed by atoms with Gasteiger partial charge in [0, 0.05) is 11.9 Å². The maximum absolute atomic E-state index is 11.0. The lowest BCUT2D eigenvalue weighted by Gasteiger charge is -2.10. The maximum Gasteiger partial charge on any atom is 0.209 e. The van der Waals surface area contributed by atoms with Crippen molar-refractivity contribution in [2.45, 2.75) is 6.42 Å². The number of para-hydroxylation sites is 1. The Kier molecular flexibility index (Phi) is 4.56. The van der Waals surface area contributed by atoms with Crippen LogP contribution in [0.15, 0.2) is 41.8 Å². The summed E-state index contributed by atoms with van der Waals surface area (Å²) in [6.45, 7) is 0.474. The Morgan fingerprint density at radius 3 is 2.70 bits per heavy atom. The lowest BCUT2D eigenvalue weighted by molar-refractivity contribution is 0.596. The van der Waals surface area contributed by atoms with Crippen molar-refractivity contribution < 1.29 is 8.42 Å². The van der Waals surface area contributed by atoms with Crippen molar-refractivity contribution in [1.82, 2.24) is 9.97 Å². The molecule has 0 aliphatic carbocycles. The third kappa shape index (κ3) is 4.04. The van der Waals surface area contributed by atoms with Gasteiger partial charge in [0.25, 0.3) is 0 Å². The van der Waals surface area contributed by atoms with Crippen LogP contribution in [0.3, 0.4) is 0 Å². The van der Waals surface area contributed by atoms with Crippen LogP contribution in [0.4, 0.5) is 5.82 Å². The number of nitrogens with zero attached hydrogens (tertiary/aromatic N) is 2. The first-order chi connectivity index (χ1) is 11.0. The number of thiophene rings is 1. The van der Waals surface area contributed by atoms with Gasteiger partial charge < -0.3 is 5.32 Å². The van der Waals surface area contributed by atoms with Crippen molar-refractivity contribution in [1.29, 1.82) is 0 Å². The van der Waals surface area contributed by atoms with Gasteiger partial charge >= 0.3 is 0 Å². The van der Waals surface area contributed by atoms with Crippen molar-refractivity contribution in [3.63, 3.8) is 0 Å². The van der Waals surface area contributed by atoms with Crippen LogP contribution in [-0.2, 0) is 10.0 Å². The van der Waals surface area contributed by atoms with Crippen LogP contribution in [-0.4, -0.2) is 30.7 Å². The molecule has 3 N–H and O–H groups in total. The number of fused-ring (bicyclic) bond motifs is 1. The van der Waals surface area contributed by atoms with Crippen LogP contribution in [0.1, 0.15) is 6.42 Å². The number of rotatable bonds is 6. The highest BCUT2D eigenvalue weighted by Gasteiger charge is 2.10. The molecular weight excluding hydrogens is 332 g/mol. The molecular formula is C15H16N4O2S2. The minimum Gasteiger partial charge on any atom is -0.369 e. The van der Waals surface area contributed by atoms with Gasteiger partial charge in [0.2, 0.25) is 10.0 Å². The zero-order valence-electron chi connectivity index (χ0n) is 12.3. The SMILES string of the molecule is NS(=O)(=O)CCCNc1nc(-c2cccs2)nc2ccccc12. The number of primary sulfonamides is 1. The zero-order valence-corrected chi connectivity index (χ0v) is 13.9. The molecule has 0 radical (unpaired) electrons. The van der Waals surface area contributed by atoms with E-state index in [2.05, 4.69) is 15.3 Å². The van der Waals surface area contributed by atoms with Crippen LogP contribution in [0.2, 0.25) is 0 Å². The lowest BCUT2D eigenvalue weighted by atomic mass is 10.2. The molecule has 0 aliphatic rings. The molecule has 0 aliphatic heterocycles. The van der Waals surface area contributed by atoms with Crippen LogP contribution in [0.5, 0.6) is 0 Å². The Morgan fingerprint density at radius 2 is 1.96 bits per heavy atom. The zero-order chi connectivity index (χ0) is 16.3. The Morgan fingerprint density at radius 1 is 1.13 bits per heavy atom. The second-order valence-electron chi connectivity index (χ2n) is 5.04. The Bertz CT molecular complexity index is 908. The smallest absolute Gasteiger partial charge is 0.209 e. The molecule has 3 aromatic rings. The van der Waals surface area contributed by atoms with E-state index in [1.165, 1.54) is 0 Å². The normalized spacial score (nSPS) is 11.7. The number of hydrogen-bond donors (Lipinski definition) is 2. The van der Waals surface area contributed by atoms with Gasteiger partial charge in [-0.05, 0) is 30.0 Å². The van der Waals surface area contributed by atoms with Gasteiger partial charge in [-0.25, -0.2) is 23.5 Å². The first-order valence-corrected chi connectivity index (χ1v) is 9.67. The fourth-order valence-corrected chi connectivity index (χ4v) is 3.41. The molecule has 0 spiro atoms. The number of aromatic nitrogens is 2. The van der Waals surface area contributed by atoms with Gasteiger partial charge in [0.05, 0.1) is 16.1 Å². The van der Waals surface area contributed by atoms with Crippen LogP contribution < -0.4 is 10.5 Å². The summed E-state index contributed by atoms with van der Waals surface area (Å²) in [5.74, 6) is 1.31. The first-order valence-electron chi connectivity index (χ1n) is 7.08. The average molecular weight is 348 g/mol. The fraction of sp³-hybridized carbons (Fsp3) is 0.200. The molecule has 3 rings (SSSR count). The minimum atomic E-state index is -3.44. The van der Waals surface area contributed by atoms with E-state index in [9.17, 15) is 8.42 Å². The van der Waals surface area contributed by atoms with E-state index < -0.39 is 10.0 Å². The summed E-state index contributed by atoms with van der Waals surface area (Å²) in [4.78, 5) is 10.2. The number of benzene rings is 1. The second kappa shape index (κ2) is 6.61. The van der Waals surface area contributed by atoms with E-state index in [4.69, 9.17) is 5.14 Å².